The van der Waals surface area contributed by atoms with Crippen LogP contribution in [-0.4, -0.2) is 25.7 Å². The molecular weight excluding hydrogens is 232 g/mol. The highest BCUT2D eigenvalue weighted by atomic mass is 16.5. The second kappa shape index (κ2) is 12.4. The number of ether oxygens (including phenoxy) is 2. The van der Waals surface area contributed by atoms with E-state index in [1.54, 1.807) is 0 Å². The van der Waals surface area contributed by atoms with Crippen molar-refractivity contribution < 1.29 is 19.1 Å². The number of carbonyl (C=O) groups excluding carboxylic acids is 2. The minimum atomic E-state index is -0.211. The van der Waals surface area contributed by atoms with Gasteiger partial charge < -0.3 is 9.47 Å². The zero-order chi connectivity index (χ0) is 13.6. The van der Waals surface area contributed by atoms with Crippen LogP contribution in [0.4, 0.5) is 0 Å². The van der Waals surface area contributed by atoms with E-state index in [9.17, 15) is 9.59 Å². The molecule has 0 aliphatic heterocycles. The molecular formula is C14H26O4. The average Bonchev–Trinajstić information content (AvgIpc) is 2.37. The van der Waals surface area contributed by atoms with Gasteiger partial charge in [0.2, 0.25) is 0 Å². The highest BCUT2D eigenvalue weighted by Gasteiger charge is 2.03. The molecule has 0 bridgehead atoms. The molecule has 4 heteroatoms. The summed E-state index contributed by atoms with van der Waals surface area (Å²) in [5, 5.41) is 0. The number of esters is 2. The summed E-state index contributed by atoms with van der Waals surface area (Å²) in [5.41, 5.74) is 0. The summed E-state index contributed by atoms with van der Waals surface area (Å²) in [5.74, 6) is -0.332. The molecule has 0 fully saturated rings. The Morgan fingerprint density at radius 1 is 0.833 bits per heavy atom. The van der Waals surface area contributed by atoms with Crippen molar-refractivity contribution in [1.29, 1.82) is 0 Å². The van der Waals surface area contributed by atoms with Gasteiger partial charge in [-0.1, -0.05) is 32.6 Å². The van der Waals surface area contributed by atoms with E-state index < -0.39 is 0 Å². The predicted octanol–water partition coefficient (Wildman–Crippen LogP) is 3.23. The Morgan fingerprint density at radius 2 is 1.44 bits per heavy atom. The number of methoxy groups -OCH3 is 1. The van der Waals surface area contributed by atoms with E-state index in [2.05, 4.69) is 11.7 Å². The molecule has 0 rings (SSSR count). The second-order valence-corrected chi connectivity index (χ2v) is 4.42. The summed E-state index contributed by atoms with van der Waals surface area (Å²) in [6, 6.07) is 0. The SMILES string of the molecule is CCCCCCCC(=O)OCCCCC(=O)OC. The molecule has 0 aromatic heterocycles. The number of hydrogen-bond acceptors (Lipinski definition) is 4. The van der Waals surface area contributed by atoms with Gasteiger partial charge >= 0.3 is 11.9 Å². The second-order valence-electron chi connectivity index (χ2n) is 4.42. The minimum absolute atomic E-state index is 0.121. The normalized spacial score (nSPS) is 10.1. The highest BCUT2D eigenvalue weighted by Crippen LogP contribution is 2.06. The third-order valence-corrected chi connectivity index (χ3v) is 2.75. The largest absolute Gasteiger partial charge is 0.469 e. The van der Waals surface area contributed by atoms with Gasteiger partial charge in [-0.2, -0.15) is 0 Å². The van der Waals surface area contributed by atoms with Crippen LogP contribution in [-0.2, 0) is 19.1 Å². The third kappa shape index (κ3) is 11.4. The van der Waals surface area contributed by atoms with Crippen molar-refractivity contribution in [1.82, 2.24) is 0 Å². The van der Waals surface area contributed by atoms with Gasteiger partial charge in [0, 0.05) is 12.8 Å². The van der Waals surface area contributed by atoms with Crippen molar-refractivity contribution in [2.24, 2.45) is 0 Å². The van der Waals surface area contributed by atoms with Crippen LogP contribution in [0.25, 0.3) is 0 Å². The lowest BCUT2D eigenvalue weighted by atomic mass is 10.1. The van der Waals surface area contributed by atoms with E-state index in [1.807, 2.05) is 0 Å². The number of carbonyl (C=O) groups is 2. The van der Waals surface area contributed by atoms with E-state index in [-0.39, 0.29) is 11.9 Å². The Hall–Kier alpha value is -1.06. The van der Waals surface area contributed by atoms with Crippen LogP contribution < -0.4 is 0 Å². The maximum absolute atomic E-state index is 11.3. The molecule has 0 unspecified atom stereocenters. The average molecular weight is 258 g/mol. The van der Waals surface area contributed by atoms with Crippen molar-refractivity contribution in [2.45, 2.75) is 64.7 Å². The maximum Gasteiger partial charge on any atom is 0.305 e. The zero-order valence-corrected chi connectivity index (χ0v) is 11.7. The topological polar surface area (TPSA) is 52.6 Å². The fraction of sp³-hybridized carbons (Fsp3) is 0.857. The van der Waals surface area contributed by atoms with E-state index >= 15 is 0 Å². The number of rotatable bonds is 11. The lowest BCUT2D eigenvalue weighted by molar-refractivity contribution is -0.143. The van der Waals surface area contributed by atoms with Crippen LogP contribution in [0.3, 0.4) is 0 Å². The van der Waals surface area contributed by atoms with Crippen LogP contribution in [0.5, 0.6) is 0 Å². The van der Waals surface area contributed by atoms with Gasteiger partial charge in [-0.05, 0) is 19.3 Å². The molecule has 0 aliphatic carbocycles. The molecule has 0 aromatic rings. The van der Waals surface area contributed by atoms with E-state index in [0.717, 1.165) is 19.3 Å². The molecule has 0 radical (unpaired) electrons. The standard InChI is InChI=1S/C14H26O4/c1-3-4-5-6-7-11-14(16)18-12-9-8-10-13(15)17-2/h3-12H2,1-2H3. The van der Waals surface area contributed by atoms with Gasteiger partial charge in [0.15, 0.2) is 0 Å². The molecule has 18 heavy (non-hydrogen) atoms. The first-order chi connectivity index (χ1) is 8.70. The molecule has 0 saturated heterocycles. The minimum Gasteiger partial charge on any atom is -0.469 e. The molecule has 0 atom stereocenters. The maximum atomic E-state index is 11.3. The Kier molecular flexibility index (Phi) is 11.7. The lowest BCUT2D eigenvalue weighted by Gasteiger charge is -2.04. The number of hydrogen-bond donors (Lipinski definition) is 0. The van der Waals surface area contributed by atoms with Crippen LogP contribution in [0.1, 0.15) is 64.7 Å². The molecule has 0 saturated carbocycles. The first-order valence-electron chi connectivity index (χ1n) is 6.93. The Morgan fingerprint density at radius 3 is 2.11 bits per heavy atom. The smallest absolute Gasteiger partial charge is 0.305 e. The van der Waals surface area contributed by atoms with Gasteiger partial charge in [0.25, 0.3) is 0 Å². The van der Waals surface area contributed by atoms with Gasteiger partial charge in [-0.25, -0.2) is 0 Å². The zero-order valence-electron chi connectivity index (χ0n) is 11.7. The van der Waals surface area contributed by atoms with Crippen molar-refractivity contribution >= 4 is 11.9 Å². The Bertz CT molecular complexity index is 226. The van der Waals surface area contributed by atoms with Gasteiger partial charge in [0.05, 0.1) is 13.7 Å². The van der Waals surface area contributed by atoms with Gasteiger partial charge in [-0.15, -0.1) is 0 Å². The van der Waals surface area contributed by atoms with Gasteiger partial charge in [0.1, 0.15) is 0 Å². The van der Waals surface area contributed by atoms with Crippen molar-refractivity contribution in [3.63, 3.8) is 0 Å². The Balaban J connectivity index is 3.24. The van der Waals surface area contributed by atoms with Crippen LogP contribution in [0.2, 0.25) is 0 Å². The Labute approximate surface area is 110 Å². The molecule has 0 heterocycles. The van der Waals surface area contributed by atoms with E-state index in [1.165, 1.54) is 26.4 Å². The molecule has 4 nitrogen and oxygen atoms in total. The first-order valence-corrected chi connectivity index (χ1v) is 6.93. The van der Waals surface area contributed by atoms with Crippen molar-refractivity contribution in [2.75, 3.05) is 13.7 Å². The fourth-order valence-electron chi connectivity index (χ4n) is 1.60. The van der Waals surface area contributed by atoms with Crippen molar-refractivity contribution in [3.05, 3.63) is 0 Å². The van der Waals surface area contributed by atoms with Crippen LogP contribution in [0.15, 0.2) is 0 Å². The summed E-state index contributed by atoms with van der Waals surface area (Å²) >= 11 is 0. The molecule has 0 aromatic carbocycles. The molecule has 0 amide bonds. The van der Waals surface area contributed by atoms with Crippen LogP contribution >= 0.6 is 0 Å². The predicted molar refractivity (Wildman–Crippen MR) is 70.2 cm³/mol. The summed E-state index contributed by atoms with van der Waals surface area (Å²) < 4.78 is 9.59. The van der Waals surface area contributed by atoms with Crippen LogP contribution in [0, 0.1) is 0 Å². The summed E-state index contributed by atoms with van der Waals surface area (Å²) in [6.07, 6.45) is 8.00. The molecule has 0 N–H and O–H groups in total. The quantitative estimate of drug-likeness (QED) is 0.422. The molecule has 0 spiro atoms. The lowest BCUT2D eigenvalue weighted by Crippen LogP contribution is -2.06. The summed E-state index contributed by atoms with van der Waals surface area (Å²) in [6.45, 7) is 2.58. The molecule has 0 aliphatic rings. The highest BCUT2D eigenvalue weighted by molar-refractivity contribution is 5.69. The summed E-state index contributed by atoms with van der Waals surface area (Å²) in [4.78, 5) is 22.1. The third-order valence-electron chi connectivity index (χ3n) is 2.75. The summed E-state index contributed by atoms with van der Waals surface area (Å²) in [7, 11) is 1.38. The first kappa shape index (κ1) is 16.9. The number of unbranched alkanes of at least 4 members (excludes halogenated alkanes) is 5. The van der Waals surface area contributed by atoms with Gasteiger partial charge in [-0.3, -0.25) is 9.59 Å². The monoisotopic (exact) mass is 258 g/mol. The molecule has 106 valence electrons. The van der Waals surface area contributed by atoms with E-state index in [0.29, 0.717) is 25.9 Å². The fourth-order valence-corrected chi connectivity index (χ4v) is 1.60. The van der Waals surface area contributed by atoms with E-state index in [4.69, 9.17) is 4.74 Å². The van der Waals surface area contributed by atoms with Crippen molar-refractivity contribution in [3.8, 4) is 0 Å².